The van der Waals surface area contributed by atoms with Gasteiger partial charge in [0, 0.05) is 18.1 Å². The minimum Gasteiger partial charge on any atom is -0.332 e. The standard InChI is InChI=1S/C21H18N4O2S/c1-14-7-2-4-10-17(14)23-20(27)16-9-3-5-11-18(16)24-21(28)25-19(26)15-8-6-12-22-13-15/h2-13H,1H3,(H,23,27)(H2,24,25,26,28). The van der Waals surface area contributed by atoms with E-state index in [2.05, 4.69) is 20.9 Å². The summed E-state index contributed by atoms with van der Waals surface area (Å²) in [5, 5.41) is 8.47. The Morgan fingerprint density at radius 3 is 2.29 bits per heavy atom. The molecule has 0 fully saturated rings. The Balaban J connectivity index is 1.71. The molecule has 0 aliphatic heterocycles. The van der Waals surface area contributed by atoms with Gasteiger partial charge in [-0.25, -0.2) is 0 Å². The number of pyridine rings is 1. The zero-order valence-corrected chi connectivity index (χ0v) is 15.9. The molecule has 6 nitrogen and oxygen atoms in total. The number of nitrogens with one attached hydrogen (secondary N) is 3. The third-order valence-electron chi connectivity index (χ3n) is 3.96. The molecule has 0 spiro atoms. The molecule has 0 bridgehead atoms. The first-order valence-electron chi connectivity index (χ1n) is 8.53. The fourth-order valence-corrected chi connectivity index (χ4v) is 2.72. The smallest absolute Gasteiger partial charge is 0.258 e. The van der Waals surface area contributed by atoms with Gasteiger partial charge < -0.3 is 10.6 Å². The van der Waals surface area contributed by atoms with Crippen LogP contribution in [0.3, 0.4) is 0 Å². The van der Waals surface area contributed by atoms with Gasteiger partial charge in [-0.15, -0.1) is 0 Å². The zero-order chi connectivity index (χ0) is 19.9. The number of carbonyl (C=O) groups is 2. The van der Waals surface area contributed by atoms with Crippen LogP contribution in [-0.2, 0) is 0 Å². The van der Waals surface area contributed by atoms with E-state index in [1.807, 2.05) is 31.2 Å². The Morgan fingerprint density at radius 1 is 0.857 bits per heavy atom. The molecule has 3 N–H and O–H groups in total. The number of aromatic nitrogens is 1. The van der Waals surface area contributed by atoms with Crippen LogP contribution in [-0.4, -0.2) is 21.9 Å². The van der Waals surface area contributed by atoms with Crippen LogP contribution in [0.5, 0.6) is 0 Å². The van der Waals surface area contributed by atoms with E-state index in [0.717, 1.165) is 11.3 Å². The van der Waals surface area contributed by atoms with Gasteiger partial charge in [-0.2, -0.15) is 0 Å². The van der Waals surface area contributed by atoms with Crippen molar-refractivity contribution in [2.24, 2.45) is 0 Å². The van der Waals surface area contributed by atoms with Gasteiger partial charge in [-0.3, -0.25) is 19.9 Å². The number of benzene rings is 2. The molecule has 0 aliphatic rings. The monoisotopic (exact) mass is 390 g/mol. The number of rotatable bonds is 4. The van der Waals surface area contributed by atoms with E-state index in [4.69, 9.17) is 12.2 Å². The number of hydrogen-bond donors (Lipinski definition) is 3. The number of thiocarbonyl (C=S) groups is 1. The molecule has 3 rings (SSSR count). The van der Waals surface area contributed by atoms with E-state index in [-0.39, 0.29) is 16.9 Å². The molecule has 0 unspecified atom stereocenters. The average molecular weight is 390 g/mol. The summed E-state index contributed by atoms with van der Waals surface area (Å²) in [6.07, 6.45) is 3.03. The van der Waals surface area contributed by atoms with Crippen molar-refractivity contribution in [3.05, 3.63) is 89.7 Å². The lowest BCUT2D eigenvalue weighted by Crippen LogP contribution is -2.34. The Labute approximate surface area is 168 Å². The lowest BCUT2D eigenvalue weighted by atomic mass is 10.1. The van der Waals surface area contributed by atoms with Gasteiger partial charge in [0.15, 0.2) is 5.11 Å². The van der Waals surface area contributed by atoms with Crippen LogP contribution in [0.15, 0.2) is 73.1 Å². The Kier molecular flexibility index (Phi) is 6.08. The lowest BCUT2D eigenvalue weighted by Gasteiger charge is -2.14. The molecule has 2 aromatic carbocycles. The van der Waals surface area contributed by atoms with Gasteiger partial charge in [0.2, 0.25) is 0 Å². The van der Waals surface area contributed by atoms with Crippen molar-refractivity contribution in [3.8, 4) is 0 Å². The number of carbonyl (C=O) groups excluding carboxylic acids is 2. The number of hydrogen-bond acceptors (Lipinski definition) is 4. The number of anilines is 2. The topological polar surface area (TPSA) is 83.1 Å². The molecule has 2 amide bonds. The summed E-state index contributed by atoms with van der Waals surface area (Å²) < 4.78 is 0. The summed E-state index contributed by atoms with van der Waals surface area (Å²) in [6.45, 7) is 1.92. The summed E-state index contributed by atoms with van der Waals surface area (Å²) in [7, 11) is 0. The predicted octanol–water partition coefficient (Wildman–Crippen LogP) is 3.77. The fourth-order valence-electron chi connectivity index (χ4n) is 2.52. The molecule has 0 radical (unpaired) electrons. The van der Waals surface area contributed by atoms with Gasteiger partial charge in [0.1, 0.15) is 0 Å². The molecule has 0 saturated carbocycles. The molecule has 0 atom stereocenters. The van der Waals surface area contributed by atoms with Crippen LogP contribution in [0.4, 0.5) is 11.4 Å². The minimum absolute atomic E-state index is 0.0880. The summed E-state index contributed by atoms with van der Waals surface area (Å²) >= 11 is 5.21. The third-order valence-corrected chi connectivity index (χ3v) is 4.17. The molecule has 1 heterocycles. The van der Waals surface area contributed by atoms with Crippen LogP contribution in [0.1, 0.15) is 26.3 Å². The highest BCUT2D eigenvalue weighted by Gasteiger charge is 2.14. The highest BCUT2D eigenvalue weighted by atomic mass is 32.1. The molecular weight excluding hydrogens is 372 g/mol. The molecule has 140 valence electrons. The van der Waals surface area contributed by atoms with E-state index in [9.17, 15) is 9.59 Å². The van der Waals surface area contributed by atoms with Crippen LogP contribution < -0.4 is 16.0 Å². The summed E-state index contributed by atoms with van der Waals surface area (Å²) in [5.41, 5.74) is 2.97. The second-order valence-corrected chi connectivity index (χ2v) is 6.37. The predicted molar refractivity (Wildman–Crippen MR) is 113 cm³/mol. The molecule has 0 aliphatic carbocycles. The SMILES string of the molecule is Cc1ccccc1NC(=O)c1ccccc1NC(=S)NC(=O)c1cccnc1. The molecule has 3 aromatic rings. The first kappa shape index (κ1) is 19.2. The number of aryl methyl sites for hydroxylation is 1. The van der Waals surface area contributed by atoms with Gasteiger partial charge in [-0.05, 0) is 55.0 Å². The molecule has 7 heteroatoms. The van der Waals surface area contributed by atoms with Crippen molar-refractivity contribution >= 4 is 40.5 Å². The molecule has 0 saturated heterocycles. The molecule has 28 heavy (non-hydrogen) atoms. The van der Waals surface area contributed by atoms with Crippen LogP contribution in [0, 0.1) is 6.92 Å². The Hall–Kier alpha value is -3.58. The van der Waals surface area contributed by atoms with Gasteiger partial charge in [0.25, 0.3) is 11.8 Å². The molecule has 1 aromatic heterocycles. The second-order valence-electron chi connectivity index (χ2n) is 5.96. The van der Waals surface area contributed by atoms with Gasteiger partial charge >= 0.3 is 0 Å². The van der Waals surface area contributed by atoms with Crippen molar-refractivity contribution in [3.63, 3.8) is 0 Å². The Morgan fingerprint density at radius 2 is 1.57 bits per heavy atom. The van der Waals surface area contributed by atoms with Crippen molar-refractivity contribution < 1.29 is 9.59 Å². The van der Waals surface area contributed by atoms with E-state index in [1.54, 1.807) is 42.6 Å². The largest absolute Gasteiger partial charge is 0.332 e. The maximum absolute atomic E-state index is 12.7. The minimum atomic E-state index is -0.382. The molecular formula is C21H18N4O2S. The Bertz CT molecular complexity index is 1020. The van der Waals surface area contributed by atoms with E-state index in [0.29, 0.717) is 16.8 Å². The number of nitrogens with zero attached hydrogens (tertiary/aromatic N) is 1. The van der Waals surface area contributed by atoms with Crippen LogP contribution in [0.2, 0.25) is 0 Å². The summed E-state index contributed by atoms with van der Waals surface area (Å²) in [5.74, 6) is -0.661. The van der Waals surface area contributed by atoms with E-state index >= 15 is 0 Å². The maximum atomic E-state index is 12.7. The van der Waals surface area contributed by atoms with E-state index < -0.39 is 0 Å². The van der Waals surface area contributed by atoms with Crippen LogP contribution in [0.25, 0.3) is 0 Å². The second kappa shape index (κ2) is 8.88. The van der Waals surface area contributed by atoms with Gasteiger partial charge in [-0.1, -0.05) is 30.3 Å². The third kappa shape index (κ3) is 4.77. The first-order valence-corrected chi connectivity index (χ1v) is 8.94. The number of para-hydroxylation sites is 2. The maximum Gasteiger partial charge on any atom is 0.258 e. The highest BCUT2D eigenvalue weighted by molar-refractivity contribution is 7.80. The zero-order valence-electron chi connectivity index (χ0n) is 15.1. The van der Waals surface area contributed by atoms with Crippen LogP contribution >= 0.6 is 12.2 Å². The average Bonchev–Trinajstić information content (AvgIpc) is 2.70. The van der Waals surface area contributed by atoms with E-state index in [1.165, 1.54) is 6.20 Å². The highest BCUT2D eigenvalue weighted by Crippen LogP contribution is 2.19. The fraction of sp³-hybridized carbons (Fsp3) is 0.0476. The van der Waals surface area contributed by atoms with Gasteiger partial charge in [0.05, 0.1) is 16.8 Å². The van der Waals surface area contributed by atoms with Crippen molar-refractivity contribution in [1.29, 1.82) is 0 Å². The normalized spacial score (nSPS) is 10.0. The quantitative estimate of drug-likeness (QED) is 0.591. The summed E-state index contributed by atoms with van der Waals surface area (Å²) in [4.78, 5) is 28.8. The lowest BCUT2D eigenvalue weighted by molar-refractivity contribution is 0.0976. The van der Waals surface area contributed by atoms with Crippen molar-refractivity contribution in [1.82, 2.24) is 10.3 Å². The van der Waals surface area contributed by atoms with Crippen molar-refractivity contribution in [2.45, 2.75) is 6.92 Å². The first-order chi connectivity index (χ1) is 13.5. The van der Waals surface area contributed by atoms with Crippen molar-refractivity contribution in [2.75, 3.05) is 10.6 Å². The summed E-state index contributed by atoms with van der Waals surface area (Å²) in [6, 6.07) is 17.8. The number of amides is 2.